The molecule has 7 rings (SSSR count). The van der Waals surface area contributed by atoms with Crippen molar-refractivity contribution < 1.29 is 18.0 Å². The molecule has 0 atom stereocenters. The first-order valence-electron chi connectivity index (χ1n) is 20.5. The number of pyridine rings is 1. The highest BCUT2D eigenvalue weighted by molar-refractivity contribution is 7.91. The number of nitrogens with zero attached hydrogens (tertiary/aromatic N) is 3. The Morgan fingerprint density at radius 1 is 0.930 bits per heavy atom. The topological polar surface area (TPSA) is 123 Å². The van der Waals surface area contributed by atoms with Crippen LogP contribution in [0.1, 0.15) is 96.1 Å². The standard InChI is InChI=1S/C45H55ClN4O5SSi/c1-32-29-37(23-24-41(32)48-44-47-31-34-30-40(46)43(51)50(42(34)49-44)35-13-10-11-14-35)56(52,53)28-12-27-55-36-21-19-33(20-22-36)25-26-45(2,3)57(54,38-15-6-4-7-16-38)39-17-8-5-9-18-39/h4-9,15-18,23-24,29-31,33,35-36,54H,10-14,19-22,25-28H2,1-3H3,(H,47,48,49). The zero-order valence-electron chi connectivity index (χ0n) is 33.3. The van der Waals surface area contributed by atoms with Gasteiger partial charge in [-0.25, -0.2) is 13.4 Å². The minimum atomic E-state index is -3.52. The van der Waals surface area contributed by atoms with Crippen molar-refractivity contribution in [2.24, 2.45) is 5.92 Å². The van der Waals surface area contributed by atoms with E-state index in [9.17, 15) is 18.0 Å². The summed E-state index contributed by atoms with van der Waals surface area (Å²) in [6.45, 7) is 6.74. The van der Waals surface area contributed by atoms with Crippen LogP contribution in [-0.4, -0.2) is 54.5 Å². The molecular formula is C45H55ClN4O5SSi. The van der Waals surface area contributed by atoms with Crippen LogP contribution in [0.5, 0.6) is 0 Å². The molecule has 2 aliphatic carbocycles. The molecule has 2 saturated carbocycles. The molecule has 0 radical (unpaired) electrons. The van der Waals surface area contributed by atoms with Crippen LogP contribution in [0.25, 0.3) is 11.0 Å². The molecule has 2 fully saturated rings. The van der Waals surface area contributed by atoms with E-state index in [2.05, 4.69) is 48.4 Å². The van der Waals surface area contributed by atoms with E-state index in [1.54, 1.807) is 35.0 Å². The third-order valence-electron chi connectivity index (χ3n) is 12.5. The number of ether oxygens (including phenoxy) is 1. The number of benzene rings is 3. The lowest BCUT2D eigenvalue weighted by Crippen LogP contribution is -2.65. The Balaban J connectivity index is 0.889. The Bertz CT molecular complexity index is 2290. The van der Waals surface area contributed by atoms with Crippen LogP contribution in [-0.2, 0) is 14.6 Å². The molecule has 2 aromatic heterocycles. The maximum atomic E-state index is 13.4. The maximum Gasteiger partial charge on any atom is 0.271 e. The lowest BCUT2D eigenvalue weighted by atomic mass is 9.83. The normalized spacial score (nSPS) is 18.3. The molecule has 12 heteroatoms. The molecule has 2 aliphatic rings. The van der Waals surface area contributed by atoms with Crippen LogP contribution in [0, 0.1) is 12.8 Å². The zero-order valence-corrected chi connectivity index (χ0v) is 35.9. The van der Waals surface area contributed by atoms with E-state index in [4.69, 9.17) is 21.3 Å². The van der Waals surface area contributed by atoms with Gasteiger partial charge in [-0.2, -0.15) is 4.98 Å². The fourth-order valence-corrected chi connectivity index (χ4v) is 14.3. The van der Waals surface area contributed by atoms with Gasteiger partial charge in [0.25, 0.3) is 13.9 Å². The van der Waals surface area contributed by atoms with Crippen LogP contribution < -0.4 is 21.2 Å². The Labute approximate surface area is 342 Å². The van der Waals surface area contributed by atoms with Crippen molar-refractivity contribution in [2.75, 3.05) is 17.7 Å². The summed E-state index contributed by atoms with van der Waals surface area (Å²) in [5.74, 6) is 0.916. The van der Waals surface area contributed by atoms with Gasteiger partial charge in [0.15, 0.2) is 9.84 Å². The highest BCUT2D eigenvalue weighted by atomic mass is 35.5. The number of hydrogen-bond donors (Lipinski definition) is 2. The summed E-state index contributed by atoms with van der Waals surface area (Å²) in [6, 6.07) is 27.2. The second-order valence-electron chi connectivity index (χ2n) is 16.7. The quantitative estimate of drug-likeness (QED) is 0.0795. The lowest BCUT2D eigenvalue weighted by molar-refractivity contribution is 0.0174. The molecule has 2 heterocycles. The number of aryl methyl sites for hydroxylation is 1. The Kier molecular flexibility index (Phi) is 12.7. The van der Waals surface area contributed by atoms with Crippen molar-refractivity contribution in [1.29, 1.82) is 0 Å². The van der Waals surface area contributed by atoms with E-state index >= 15 is 0 Å². The van der Waals surface area contributed by atoms with Crippen LogP contribution in [0.15, 0.2) is 101 Å². The lowest BCUT2D eigenvalue weighted by Gasteiger charge is -2.42. The van der Waals surface area contributed by atoms with Gasteiger partial charge in [0.05, 0.1) is 16.8 Å². The number of fused-ring (bicyclic) bond motifs is 1. The molecule has 9 nitrogen and oxygen atoms in total. The number of aromatic nitrogens is 3. The van der Waals surface area contributed by atoms with Gasteiger partial charge in [-0.3, -0.25) is 9.36 Å². The summed E-state index contributed by atoms with van der Waals surface area (Å²) in [4.78, 5) is 35.0. The maximum absolute atomic E-state index is 13.4. The molecule has 5 aromatic rings. The zero-order chi connectivity index (χ0) is 40.2. The van der Waals surface area contributed by atoms with Gasteiger partial charge in [-0.05, 0) is 109 Å². The Morgan fingerprint density at radius 3 is 2.21 bits per heavy atom. The monoisotopic (exact) mass is 826 g/mol. The van der Waals surface area contributed by atoms with Crippen molar-refractivity contribution in [3.63, 3.8) is 0 Å². The van der Waals surface area contributed by atoms with Crippen molar-refractivity contribution >= 4 is 62.8 Å². The SMILES string of the molecule is Cc1cc(S(=O)(=O)CCCOC2CCC(CCC(C)(C)[Si](O)(c3ccccc3)c3ccccc3)CC2)ccc1Nc1ncc2cc(Cl)c(=O)n(C3CCCC3)c2n1. The molecule has 0 saturated heterocycles. The molecule has 57 heavy (non-hydrogen) atoms. The number of hydrogen-bond acceptors (Lipinski definition) is 8. The van der Waals surface area contributed by atoms with Crippen molar-refractivity contribution in [2.45, 2.75) is 113 Å². The fourth-order valence-electron chi connectivity index (χ4n) is 8.99. The van der Waals surface area contributed by atoms with Crippen LogP contribution >= 0.6 is 11.6 Å². The highest BCUT2D eigenvalue weighted by Gasteiger charge is 2.49. The van der Waals surface area contributed by atoms with Gasteiger partial charge in [0.1, 0.15) is 10.7 Å². The third kappa shape index (κ3) is 9.08. The van der Waals surface area contributed by atoms with Gasteiger partial charge < -0.3 is 14.8 Å². The van der Waals surface area contributed by atoms with Crippen molar-refractivity contribution in [1.82, 2.24) is 14.5 Å². The molecule has 0 amide bonds. The molecule has 0 bridgehead atoms. The summed E-state index contributed by atoms with van der Waals surface area (Å²) in [5, 5.41) is 5.93. The van der Waals surface area contributed by atoms with Crippen molar-refractivity contribution in [3.8, 4) is 0 Å². The smallest absolute Gasteiger partial charge is 0.271 e. The molecule has 302 valence electrons. The van der Waals surface area contributed by atoms with E-state index in [-0.39, 0.29) is 38.4 Å². The third-order valence-corrected chi connectivity index (χ3v) is 19.1. The van der Waals surface area contributed by atoms with E-state index < -0.39 is 18.2 Å². The molecule has 0 unspecified atom stereocenters. The Morgan fingerprint density at radius 2 is 1.58 bits per heavy atom. The van der Waals surface area contributed by atoms with Crippen molar-refractivity contribution in [3.05, 3.63) is 112 Å². The van der Waals surface area contributed by atoms with E-state index in [1.807, 2.05) is 43.3 Å². The van der Waals surface area contributed by atoms with Gasteiger partial charge in [0, 0.05) is 29.9 Å². The van der Waals surface area contributed by atoms with Gasteiger partial charge >= 0.3 is 0 Å². The number of nitrogens with one attached hydrogen (secondary N) is 1. The van der Waals surface area contributed by atoms with Gasteiger partial charge in [0.2, 0.25) is 5.95 Å². The Hall–Kier alpha value is -3.87. The predicted octanol–water partition coefficient (Wildman–Crippen LogP) is 8.66. The first-order chi connectivity index (χ1) is 27.4. The molecule has 0 spiro atoms. The minimum Gasteiger partial charge on any atom is -0.424 e. The largest absolute Gasteiger partial charge is 0.424 e. The summed E-state index contributed by atoms with van der Waals surface area (Å²) in [6.07, 6.45) is 12.3. The highest BCUT2D eigenvalue weighted by Crippen LogP contribution is 2.43. The summed E-state index contributed by atoms with van der Waals surface area (Å²) in [7, 11) is -6.54. The summed E-state index contributed by atoms with van der Waals surface area (Å²) in [5.41, 5.74) is 1.73. The number of rotatable bonds is 15. The number of anilines is 2. The fraction of sp³-hybridized carbons (Fsp3) is 0.444. The molecule has 0 aliphatic heterocycles. The molecule has 3 aromatic carbocycles. The summed E-state index contributed by atoms with van der Waals surface area (Å²) >= 11 is 6.29. The van der Waals surface area contributed by atoms with Crippen LogP contribution in [0.3, 0.4) is 0 Å². The number of halogens is 1. The first-order valence-corrected chi connectivity index (χ1v) is 24.5. The van der Waals surface area contributed by atoms with Crippen LogP contribution in [0.2, 0.25) is 10.1 Å². The minimum absolute atomic E-state index is 0.00824. The van der Waals surface area contributed by atoms with Crippen LogP contribution in [0.4, 0.5) is 11.6 Å². The number of sulfone groups is 1. The van der Waals surface area contributed by atoms with E-state index in [1.165, 1.54) is 0 Å². The average molecular weight is 828 g/mol. The van der Waals surface area contributed by atoms with E-state index in [0.29, 0.717) is 41.6 Å². The predicted molar refractivity (Wildman–Crippen MR) is 233 cm³/mol. The van der Waals surface area contributed by atoms with Gasteiger partial charge in [-0.1, -0.05) is 105 Å². The summed E-state index contributed by atoms with van der Waals surface area (Å²) < 4.78 is 34.7. The van der Waals surface area contributed by atoms with Gasteiger partial charge in [-0.15, -0.1) is 0 Å². The second-order valence-corrected chi connectivity index (χ2v) is 23.2. The molecule has 2 N–H and O–H groups in total. The first kappa shape index (κ1) is 41.3. The molecular weight excluding hydrogens is 772 g/mol. The second kappa shape index (κ2) is 17.5. The van der Waals surface area contributed by atoms with E-state index in [0.717, 1.165) is 80.1 Å². The average Bonchev–Trinajstić information content (AvgIpc) is 3.75.